The van der Waals surface area contributed by atoms with Crippen molar-refractivity contribution in [2.45, 2.75) is 18.8 Å². The van der Waals surface area contributed by atoms with Crippen molar-refractivity contribution in [2.75, 3.05) is 44.3 Å². The van der Waals surface area contributed by atoms with Crippen LogP contribution >= 0.6 is 0 Å². The number of rotatable bonds is 4. The molecule has 34 heavy (non-hydrogen) atoms. The third-order valence-electron chi connectivity index (χ3n) is 6.91. The summed E-state index contributed by atoms with van der Waals surface area (Å²) in [6, 6.07) is 12.0. The molecule has 1 atom stereocenters. The molecule has 172 valence electrons. The minimum Gasteiger partial charge on any atom is -0.378 e. The Labute approximate surface area is 199 Å². The number of morpholine rings is 1. The fourth-order valence-electron chi connectivity index (χ4n) is 5.13. The number of pyridine rings is 1. The Balaban J connectivity index is 1.44. The molecule has 1 aromatic carbocycles. The third-order valence-corrected chi connectivity index (χ3v) is 6.91. The second kappa shape index (κ2) is 8.99. The second-order valence-electron chi connectivity index (χ2n) is 8.98. The first-order valence-electron chi connectivity index (χ1n) is 12.0. The molecular formula is C27H27N5O2. The lowest BCUT2D eigenvalue weighted by atomic mass is 9.97. The summed E-state index contributed by atoms with van der Waals surface area (Å²) in [5, 5.41) is 0. The fourth-order valence-corrected chi connectivity index (χ4v) is 5.13. The van der Waals surface area contributed by atoms with Gasteiger partial charge in [0.1, 0.15) is 0 Å². The van der Waals surface area contributed by atoms with Gasteiger partial charge in [0.05, 0.1) is 24.6 Å². The minimum absolute atomic E-state index is 0.0548. The Kier molecular flexibility index (Phi) is 5.55. The SMILES string of the molecule is O=C(c1cccc(-c2nc(N3CCOCC3)nc3c2CCC3c2cccnc2)c1)N1CC=CC1. The van der Waals surface area contributed by atoms with Gasteiger partial charge in [0, 0.05) is 61.2 Å². The van der Waals surface area contributed by atoms with Gasteiger partial charge in [0.25, 0.3) is 5.91 Å². The van der Waals surface area contributed by atoms with Crippen molar-refractivity contribution in [2.24, 2.45) is 0 Å². The summed E-state index contributed by atoms with van der Waals surface area (Å²) >= 11 is 0. The summed E-state index contributed by atoms with van der Waals surface area (Å²) in [7, 11) is 0. The Morgan fingerprint density at radius 2 is 1.88 bits per heavy atom. The number of fused-ring (bicyclic) bond motifs is 1. The maximum Gasteiger partial charge on any atom is 0.254 e. The summed E-state index contributed by atoms with van der Waals surface area (Å²) in [5.41, 5.74) is 6.05. The zero-order valence-corrected chi connectivity index (χ0v) is 19.1. The monoisotopic (exact) mass is 453 g/mol. The number of hydrogen-bond donors (Lipinski definition) is 0. The van der Waals surface area contributed by atoms with Crippen LogP contribution in [-0.4, -0.2) is 65.2 Å². The van der Waals surface area contributed by atoms with Crippen LogP contribution in [0.15, 0.2) is 60.9 Å². The zero-order valence-electron chi connectivity index (χ0n) is 19.1. The van der Waals surface area contributed by atoms with E-state index in [1.807, 2.05) is 53.7 Å². The Bertz CT molecular complexity index is 1230. The van der Waals surface area contributed by atoms with Gasteiger partial charge in [0.2, 0.25) is 5.95 Å². The van der Waals surface area contributed by atoms with Crippen LogP contribution in [0.3, 0.4) is 0 Å². The molecule has 6 rings (SSSR count). The lowest BCUT2D eigenvalue weighted by Gasteiger charge is -2.28. The highest BCUT2D eigenvalue weighted by Crippen LogP contribution is 2.41. The van der Waals surface area contributed by atoms with E-state index in [1.54, 1.807) is 0 Å². The number of aromatic nitrogens is 3. The molecule has 3 aromatic rings. The van der Waals surface area contributed by atoms with Crippen LogP contribution in [0.5, 0.6) is 0 Å². The van der Waals surface area contributed by atoms with E-state index in [-0.39, 0.29) is 11.8 Å². The molecule has 1 saturated heterocycles. The lowest BCUT2D eigenvalue weighted by molar-refractivity contribution is 0.0800. The van der Waals surface area contributed by atoms with Crippen molar-refractivity contribution in [3.8, 4) is 11.3 Å². The highest BCUT2D eigenvalue weighted by atomic mass is 16.5. The van der Waals surface area contributed by atoms with E-state index in [2.05, 4.69) is 22.0 Å². The quantitative estimate of drug-likeness (QED) is 0.564. The molecule has 0 N–H and O–H groups in total. The number of nitrogens with zero attached hydrogens (tertiary/aromatic N) is 5. The fraction of sp³-hybridized carbons (Fsp3) is 0.333. The molecule has 1 fully saturated rings. The molecule has 0 saturated carbocycles. The summed E-state index contributed by atoms with van der Waals surface area (Å²) in [6.45, 7) is 4.23. The van der Waals surface area contributed by atoms with Gasteiger partial charge in [-0.15, -0.1) is 0 Å². The zero-order chi connectivity index (χ0) is 22.9. The Morgan fingerprint density at radius 1 is 1.03 bits per heavy atom. The Hall–Kier alpha value is -3.58. The standard InChI is InChI=1S/C27H27N5O2/c33-26(31-11-1-2-12-31)20-6-3-5-19(17-20)24-23-9-8-22(21-7-4-10-28-18-21)25(23)30-27(29-24)32-13-15-34-16-14-32/h1-7,10,17-18,22H,8-9,11-16H2. The summed E-state index contributed by atoms with van der Waals surface area (Å²) in [6.07, 6.45) is 9.70. The van der Waals surface area contributed by atoms with Crippen molar-refractivity contribution in [3.63, 3.8) is 0 Å². The molecule has 1 aliphatic carbocycles. The first-order valence-corrected chi connectivity index (χ1v) is 12.0. The van der Waals surface area contributed by atoms with E-state index in [0.29, 0.717) is 31.9 Å². The largest absolute Gasteiger partial charge is 0.378 e. The van der Waals surface area contributed by atoms with Crippen molar-refractivity contribution < 1.29 is 9.53 Å². The number of amides is 1. The maximum absolute atomic E-state index is 13.0. The van der Waals surface area contributed by atoms with Crippen LogP contribution in [0, 0.1) is 0 Å². The van der Waals surface area contributed by atoms with E-state index in [9.17, 15) is 4.79 Å². The molecule has 3 aliphatic rings. The predicted molar refractivity (Wildman–Crippen MR) is 130 cm³/mol. The molecule has 0 spiro atoms. The average molecular weight is 454 g/mol. The van der Waals surface area contributed by atoms with Gasteiger partial charge in [-0.3, -0.25) is 9.78 Å². The molecular weight excluding hydrogens is 426 g/mol. The number of anilines is 1. The van der Waals surface area contributed by atoms with Gasteiger partial charge in [-0.05, 0) is 36.6 Å². The maximum atomic E-state index is 13.0. The second-order valence-corrected chi connectivity index (χ2v) is 8.98. The van der Waals surface area contributed by atoms with Crippen molar-refractivity contribution in [3.05, 3.63) is 83.3 Å². The van der Waals surface area contributed by atoms with Crippen LogP contribution in [0.1, 0.15) is 39.5 Å². The van der Waals surface area contributed by atoms with E-state index in [0.717, 1.165) is 48.8 Å². The highest BCUT2D eigenvalue weighted by Gasteiger charge is 2.31. The molecule has 0 bridgehead atoms. The van der Waals surface area contributed by atoms with Crippen LogP contribution in [0.2, 0.25) is 0 Å². The predicted octanol–water partition coefficient (Wildman–Crippen LogP) is 3.47. The molecule has 7 nitrogen and oxygen atoms in total. The Morgan fingerprint density at radius 3 is 2.68 bits per heavy atom. The highest BCUT2D eigenvalue weighted by molar-refractivity contribution is 5.96. The lowest BCUT2D eigenvalue weighted by Crippen LogP contribution is -2.37. The number of ether oxygens (including phenoxy) is 1. The topological polar surface area (TPSA) is 71.5 Å². The molecule has 0 radical (unpaired) electrons. The number of hydrogen-bond acceptors (Lipinski definition) is 6. The normalized spacial score (nSPS) is 19.5. The molecule has 7 heteroatoms. The molecule has 2 aliphatic heterocycles. The average Bonchev–Trinajstić information content (AvgIpc) is 3.59. The number of carbonyl (C=O) groups excluding carboxylic acids is 1. The van der Waals surface area contributed by atoms with Gasteiger partial charge < -0.3 is 14.5 Å². The first-order chi connectivity index (χ1) is 16.8. The van der Waals surface area contributed by atoms with Crippen molar-refractivity contribution in [1.82, 2.24) is 19.9 Å². The molecule has 1 amide bonds. The van der Waals surface area contributed by atoms with Crippen LogP contribution in [-0.2, 0) is 11.2 Å². The molecule has 4 heterocycles. The number of carbonyl (C=O) groups is 1. The van der Waals surface area contributed by atoms with Crippen molar-refractivity contribution >= 4 is 11.9 Å². The minimum atomic E-state index is 0.0548. The molecule has 1 unspecified atom stereocenters. The van der Waals surface area contributed by atoms with E-state index in [1.165, 1.54) is 11.1 Å². The van der Waals surface area contributed by atoms with E-state index >= 15 is 0 Å². The van der Waals surface area contributed by atoms with Crippen LogP contribution in [0.4, 0.5) is 5.95 Å². The van der Waals surface area contributed by atoms with Gasteiger partial charge >= 0.3 is 0 Å². The van der Waals surface area contributed by atoms with Gasteiger partial charge in [-0.2, -0.15) is 0 Å². The summed E-state index contributed by atoms with van der Waals surface area (Å²) in [5.74, 6) is 0.998. The number of benzene rings is 1. The summed E-state index contributed by atoms with van der Waals surface area (Å²) < 4.78 is 5.56. The van der Waals surface area contributed by atoms with Gasteiger partial charge in [-0.25, -0.2) is 9.97 Å². The van der Waals surface area contributed by atoms with Crippen LogP contribution in [0.25, 0.3) is 11.3 Å². The van der Waals surface area contributed by atoms with E-state index < -0.39 is 0 Å². The van der Waals surface area contributed by atoms with Gasteiger partial charge in [-0.1, -0.05) is 30.4 Å². The van der Waals surface area contributed by atoms with Crippen molar-refractivity contribution in [1.29, 1.82) is 0 Å². The first kappa shape index (κ1) is 21.0. The third kappa shape index (κ3) is 3.86. The smallest absolute Gasteiger partial charge is 0.254 e. The van der Waals surface area contributed by atoms with Crippen LogP contribution < -0.4 is 4.90 Å². The van der Waals surface area contributed by atoms with Gasteiger partial charge in [0.15, 0.2) is 0 Å². The van der Waals surface area contributed by atoms with E-state index in [4.69, 9.17) is 14.7 Å². The molecule has 2 aromatic heterocycles. The summed E-state index contributed by atoms with van der Waals surface area (Å²) in [4.78, 5) is 31.6.